The van der Waals surface area contributed by atoms with E-state index in [1.807, 2.05) is 24.3 Å². The molecule has 1 amide bonds. The number of halogens is 2. The van der Waals surface area contributed by atoms with Crippen LogP contribution in [0.1, 0.15) is 5.56 Å². The van der Waals surface area contributed by atoms with Crippen LogP contribution in [0.2, 0.25) is 10.0 Å². The SMILES string of the molecule is N#Cc1ccc(Cl)cc1NC(=O)CN1CCN(c2ccccc2Cl)CC1. The molecule has 2 aromatic carbocycles. The lowest BCUT2D eigenvalue weighted by atomic mass is 10.2. The third kappa shape index (κ3) is 4.47. The standard InChI is InChI=1S/C19H18Cl2N4O/c20-15-6-5-14(12-22)17(11-15)23-19(26)13-24-7-9-25(10-8-24)18-4-2-1-3-16(18)21/h1-6,11H,7-10,13H2,(H,23,26). The minimum atomic E-state index is -0.157. The largest absolute Gasteiger partial charge is 0.368 e. The highest BCUT2D eigenvalue weighted by Gasteiger charge is 2.20. The molecule has 1 aliphatic rings. The van der Waals surface area contributed by atoms with Gasteiger partial charge in [-0.15, -0.1) is 0 Å². The van der Waals surface area contributed by atoms with E-state index in [2.05, 4.69) is 21.2 Å². The molecule has 0 unspecified atom stereocenters. The molecule has 7 heteroatoms. The molecule has 1 aliphatic heterocycles. The summed E-state index contributed by atoms with van der Waals surface area (Å²) in [5.41, 5.74) is 1.86. The number of rotatable bonds is 4. The minimum absolute atomic E-state index is 0.157. The highest BCUT2D eigenvalue weighted by molar-refractivity contribution is 6.33. The second kappa shape index (κ2) is 8.41. The van der Waals surface area contributed by atoms with Gasteiger partial charge < -0.3 is 10.2 Å². The van der Waals surface area contributed by atoms with Gasteiger partial charge in [0.2, 0.25) is 5.91 Å². The number of benzene rings is 2. The molecular formula is C19H18Cl2N4O. The topological polar surface area (TPSA) is 59.4 Å². The van der Waals surface area contributed by atoms with Gasteiger partial charge in [0.25, 0.3) is 0 Å². The molecule has 0 atom stereocenters. The second-order valence-corrected chi connectivity index (χ2v) is 6.91. The van der Waals surface area contributed by atoms with E-state index in [4.69, 9.17) is 28.5 Å². The van der Waals surface area contributed by atoms with Crippen LogP contribution in [-0.2, 0) is 4.79 Å². The van der Waals surface area contributed by atoms with Gasteiger partial charge in [-0.25, -0.2) is 0 Å². The van der Waals surface area contributed by atoms with E-state index in [9.17, 15) is 4.79 Å². The summed E-state index contributed by atoms with van der Waals surface area (Å²) in [6.45, 7) is 3.40. The van der Waals surface area contributed by atoms with Gasteiger partial charge in [0.15, 0.2) is 0 Å². The normalized spacial score (nSPS) is 14.7. The summed E-state index contributed by atoms with van der Waals surface area (Å²) in [5, 5.41) is 13.1. The Kier molecular flexibility index (Phi) is 6.00. The lowest BCUT2D eigenvalue weighted by Crippen LogP contribution is -2.48. The molecule has 0 bridgehead atoms. The van der Waals surface area contributed by atoms with Crippen LogP contribution < -0.4 is 10.2 Å². The number of nitrogens with one attached hydrogen (secondary N) is 1. The maximum absolute atomic E-state index is 12.3. The van der Waals surface area contributed by atoms with Gasteiger partial charge in [0, 0.05) is 31.2 Å². The molecule has 1 N–H and O–H groups in total. The molecular weight excluding hydrogens is 371 g/mol. The Hall–Kier alpha value is -2.26. The van der Waals surface area contributed by atoms with Crippen molar-refractivity contribution in [2.75, 3.05) is 42.9 Å². The van der Waals surface area contributed by atoms with E-state index >= 15 is 0 Å². The molecule has 134 valence electrons. The predicted octanol–water partition coefficient (Wildman–Crippen LogP) is 3.63. The Bertz CT molecular complexity index is 842. The van der Waals surface area contributed by atoms with Crippen LogP contribution in [-0.4, -0.2) is 43.5 Å². The van der Waals surface area contributed by atoms with Crippen LogP contribution in [0.25, 0.3) is 0 Å². The van der Waals surface area contributed by atoms with Crippen LogP contribution >= 0.6 is 23.2 Å². The summed E-state index contributed by atoms with van der Waals surface area (Å²) in [4.78, 5) is 16.6. The molecule has 1 fully saturated rings. The average Bonchev–Trinajstić information content (AvgIpc) is 2.63. The molecule has 5 nitrogen and oxygen atoms in total. The predicted molar refractivity (Wildman–Crippen MR) is 105 cm³/mol. The van der Waals surface area contributed by atoms with Gasteiger partial charge in [-0.05, 0) is 30.3 Å². The van der Waals surface area contributed by atoms with E-state index in [1.165, 1.54) is 0 Å². The molecule has 0 aromatic heterocycles. The molecule has 0 aliphatic carbocycles. The van der Waals surface area contributed by atoms with Gasteiger partial charge >= 0.3 is 0 Å². The smallest absolute Gasteiger partial charge is 0.238 e. The highest BCUT2D eigenvalue weighted by Crippen LogP contribution is 2.26. The molecule has 3 rings (SSSR count). The van der Waals surface area contributed by atoms with Crippen LogP contribution in [0.3, 0.4) is 0 Å². The fraction of sp³-hybridized carbons (Fsp3) is 0.263. The zero-order valence-corrected chi connectivity index (χ0v) is 15.6. The third-order valence-electron chi connectivity index (χ3n) is 4.31. The maximum atomic E-state index is 12.3. The van der Waals surface area contributed by atoms with Gasteiger partial charge in [-0.1, -0.05) is 35.3 Å². The number of anilines is 2. The number of amides is 1. The van der Waals surface area contributed by atoms with Crippen molar-refractivity contribution in [2.24, 2.45) is 0 Å². The number of hydrogen-bond acceptors (Lipinski definition) is 4. The molecule has 0 spiro atoms. The number of para-hydroxylation sites is 1. The summed E-state index contributed by atoms with van der Waals surface area (Å²) < 4.78 is 0. The fourth-order valence-electron chi connectivity index (χ4n) is 2.97. The van der Waals surface area contributed by atoms with Crippen molar-refractivity contribution in [3.63, 3.8) is 0 Å². The lowest BCUT2D eigenvalue weighted by Gasteiger charge is -2.36. The summed E-state index contributed by atoms with van der Waals surface area (Å²) >= 11 is 12.2. The minimum Gasteiger partial charge on any atom is -0.368 e. The average molecular weight is 389 g/mol. The summed E-state index contributed by atoms with van der Waals surface area (Å²) in [7, 11) is 0. The molecule has 0 saturated carbocycles. The molecule has 0 radical (unpaired) electrons. The number of nitrogens with zero attached hydrogens (tertiary/aromatic N) is 3. The van der Waals surface area contributed by atoms with Crippen molar-refractivity contribution in [1.29, 1.82) is 5.26 Å². The fourth-order valence-corrected chi connectivity index (χ4v) is 3.39. The third-order valence-corrected chi connectivity index (χ3v) is 4.86. The first-order chi connectivity index (χ1) is 12.6. The number of hydrogen-bond donors (Lipinski definition) is 1. The van der Waals surface area contributed by atoms with Crippen LogP contribution in [0.5, 0.6) is 0 Å². The summed E-state index contributed by atoms with van der Waals surface area (Å²) in [6, 6.07) is 14.6. The lowest BCUT2D eigenvalue weighted by molar-refractivity contribution is -0.117. The molecule has 1 heterocycles. The van der Waals surface area contributed by atoms with Gasteiger partial charge in [-0.3, -0.25) is 9.69 Å². The zero-order valence-electron chi connectivity index (χ0n) is 14.1. The Labute approximate surface area is 162 Å². The highest BCUT2D eigenvalue weighted by atomic mass is 35.5. The van der Waals surface area contributed by atoms with E-state index in [0.29, 0.717) is 16.3 Å². The Morgan fingerprint density at radius 1 is 1.12 bits per heavy atom. The Morgan fingerprint density at radius 2 is 1.85 bits per heavy atom. The Morgan fingerprint density at radius 3 is 2.54 bits per heavy atom. The van der Waals surface area contributed by atoms with Crippen molar-refractivity contribution in [2.45, 2.75) is 0 Å². The summed E-state index contributed by atoms with van der Waals surface area (Å²) in [5.74, 6) is -0.157. The maximum Gasteiger partial charge on any atom is 0.238 e. The van der Waals surface area contributed by atoms with Crippen molar-refractivity contribution in [1.82, 2.24) is 4.90 Å². The number of carbonyl (C=O) groups is 1. The number of carbonyl (C=O) groups excluding carboxylic acids is 1. The van der Waals surface area contributed by atoms with Gasteiger partial charge in [0.1, 0.15) is 6.07 Å². The summed E-state index contributed by atoms with van der Waals surface area (Å²) in [6.07, 6.45) is 0. The van der Waals surface area contributed by atoms with Gasteiger partial charge in [0.05, 0.1) is 28.5 Å². The molecule has 26 heavy (non-hydrogen) atoms. The first kappa shape index (κ1) is 18.5. The first-order valence-corrected chi connectivity index (χ1v) is 9.04. The first-order valence-electron chi connectivity index (χ1n) is 8.28. The Balaban J connectivity index is 1.55. The van der Waals surface area contributed by atoms with Crippen molar-refractivity contribution in [3.8, 4) is 6.07 Å². The van der Waals surface area contributed by atoms with E-state index in [1.54, 1.807) is 18.2 Å². The van der Waals surface area contributed by atoms with Crippen LogP contribution in [0.4, 0.5) is 11.4 Å². The monoisotopic (exact) mass is 388 g/mol. The van der Waals surface area contributed by atoms with Crippen molar-refractivity contribution in [3.05, 3.63) is 58.1 Å². The molecule has 1 saturated heterocycles. The van der Waals surface area contributed by atoms with Crippen LogP contribution in [0, 0.1) is 11.3 Å². The van der Waals surface area contributed by atoms with E-state index in [-0.39, 0.29) is 12.5 Å². The van der Waals surface area contributed by atoms with Crippen LogP contribution in [0.15, 0.2) is 42.5 Å². The second-order valence-electron chi connectivity index (χ2n) is 6.06. The quantitative estimate of drug-likeness (QED) is 0.868. The number of piperazine rings is 1. The van der Waals surface area contributed by atoms with E-state index in [0.717, 1.165) is 36.9 Å². The van der Waals surface area contributed by atoms with Gasteiger partial charge in [-0.2, -0.15) is 5.26 Å². The van der Waals surface area contributed by atoms with E-state index < -0.39 is 0 Å². The van der Waals surface area contributed by atoms with Crippen molar-refractivity contribution >= 4 is 40.5 Å². The zero-order chi connectivity index (χ0) is 18.5. The van der Waals surface area contributed by atoms with Crippen molar-refractivity contribution < 1.29 is 4.79 Å². The molecule has 2 aromatic rings. The number of nitriles is 1.